The summed E-state index contributed by atoms with van der Waals surface area (Å²) in [5, 5.41) is 6.71. The fourth-order valence-electron chi connectivity index (χ4n) is 1.99. The first kappa shape index (κ1) is 14.6. The molecular weight excluding hydrogens is 306 g/mol. The lowest BCUT2D eigenvalue weighted by Gasteiger charge is -2.08. The fourth-order valence-corrected chi connectivity index (χ4v) is 2.66. The molecule has 7 nitrogen and oxygen atoms in total. The summed E-state index contributed by atoms with van der Waals surface area (Å²) in [4.78, 5) is 12.5. The number of hydrogen-bond acceptors (Lipinski definition) is 7. The molecule has 22 heavy (non-hydrogen) atoms. The molecule has 0 saturated heterocycles. The van der Waals surface area contributed by atoms with Crippen LogP contribution in [0.2, 0.25) is 0 Å². The molecule has 3 rings (SSSR count). The van der Waals surface area contributed by atoms with Crippen LogP contribution >= 0.6 is 11.5 Å². The quantitative estimate of drug-likeness (QED) is 0.815. The summed E-state index contributed by atoms with van der Waals surface area (Å²) < 4.78 is 19.9. The Morgan fingerprint density at radius 2 is 2.27 bits per heavy atom. The summed E-state index contributed by atoms with van der Waals surface area (Å²) in [7, 11) is 0. The van der Waals surface area contributed by atoms with E-state index in [9.17, 15) is 4.79 Å². The van der Waals surface area contributed by atoms with Gasteiger partial charge in [0.2, 0.25) is 6.79 Å². The summed E-state index contributed by atoms with van der Waals surface area (Å²) in [5.74, 6) is 1.89. The lowest BCUT2D eigenvalue weighted by molar-refractivity contribution is 0.0950. The Hall–Kier alpha value is -2.35. The fraction of sp³-hybridized carbons (Fsp3) is 0.357. The van der Waals surface area contributed by atoms with Crippen LogP contribution in [0.1, 0.15) is 22.3 Å². The number of aryl methyl sites for hydroxylation is 1. The van der Waals surface area contributed by atoms with Gasteiger partial charge in [0.05, 0.1) is 12.2 Å². The molecule has 2 aromatic rings. The van der Waals surface area contributed by atoms with E-state index in [4.69, 9.17) is 14.2 Å². The third kappa shape index (κ3) is 3.11. The Balaban J connectivity index is 1.46. The average molecular weight is 321 g/mol. The Bertz CT molecular complexity index is 674. The van der Waals surface area contributed by atoms with Gasteiger partial charge in [0.15, 0.2) is 11.5 Å². The molecule has 1 aromatic heterocycles. The minimum atomic E-state index is -0.166. The van der Waals surface area contributed by atoms with Gasteiger partial charge in [-0.05, 0) is 30.1 Å². The van der Waals surface area contributed by atoms with Gasteiger partial charge in [-0.15, -0.1) is 5.10 Å². The molecule has 0 bridgehead atoms. The first-order valence-electron chi connectivity index (χ1n) is 6.90. The van der Waals surface area contributed by atoms with Gasteiger partial charge in [-0.3, -0.25) is 4.79 Å². The summed E-state index contributed by atoms with van der Waals surface area (Å²) in [6.07, 6.45) is 0.687. The van der Waals surface area contributed by atoms with Crippen molar-refractivity contribution in [2.75, 3.05) is 19.9 Å². The molecule has 1 aliphatic rings. The number of hydrogen-bond donors (Lipinski definition) is 1. The van der Waals surface area contributed by atoms with E-state index in [2.05, 4.69) is 14.9 Å². The second kappa shape index (κ2) is 6.61. The summed E-state index contributed by atoms with van der Waals surface area (Å²) >= 11 is 1.11. The summed E-state index contributed by atoms with van der Waals surface area (Å²) in [6.45, 7) is 2.93. The molecule has 1 aromatic carbocycles. The lowest BCUT2D eigenvalue weighted by Crippen LogP contribution is -2.28. The molecule has 116 valence electrons. The predicted molar refractivity (Wildman–Crippen MR) is 79.7 cm³/mol. The van der Waals surface area contributed by atoms with E-state index in [1.165, 1.54) is 0 Å². The zero-order valence-electron chi connectivity index (χ0n) is 12.0. The van der Waals surface area contributed by atoms with Crippen molar-refractivity contribution in [3.63, 3.8) is 0 Å². The van der Waals surface area contributed by atoms with E-state index >= 15 is 0 Å². The highest BCUT2D eigenvalue weighted by molar-refractivity contribution is 7.08. The van der Waals surface area contributed by atoms with Gasteiger partial charge in [-0.25, -0.2) is 0 Å². The van der Waals surface area contributed by atoms with Crippen molar-refractivity contribution in [3.8, 4) is 17.2 Å². The maximum atomic E-state index is 12.0. The van der Waals surface area contributed by atoms with E-state index in [0.29, 0.717) is 41.7 Å². The monoisotopic (exact) mass is 321 g/mol. The third-order valence-corrected chi connectivity index (χ3v) is 3.86. The number of nitrogens with one attached hydrogen (secondary N) is 1. The molecule has 0 spiro atoms. The van der Waals surface area contributed by atoms with E-state index in [1.807, 2.05) is 6.92 Å². The second-order valence-corrected chi connectivity index (χ2v) is 5.28. The number of carbonyl (C=O) groups is 1. The molecule has 1 amide bonds. The van der Waals surface area contributed by atoms with Gasteiger partial charge in [-0.2, -0.15) is 0 Å². The van der Waals surface area contributed by atoms with Crippen LogP contribution < -0.4 is 19.5 Å². The van der Waals surface area contributed by atoms with E-state index < -0.39 is 0 Å². The van der Waals surface area contributed by atoms with E-state index in [0.717, 1.165) is 17.2 Å². The molecule has 1 aliphatic heterocycles. The highest BCUT2D eigenvalue weighted by Gasteiger charge is 2.15. The number of ether oxygens (including phenoxy) is 3. The third-order valence-electron chi connectivity index (χ3n) is 3.10. The first-order chi connectivity index (χ1) is 10.8. The van der Waals surface area contributed by atoms with E-state index in [1.54, 1.807) is 18.2 Å². The maximum absolute atomic E-state index is 12.0. The van der Waals surface area contributed by atoms with Crippen LogP contribution in [-0.2, 0) is 6.42 Å². The number of rotatable bonds is 6. The number of benzene rings is 1. The van der Waals surface area contributed by atoms with Crippen LogP contribution in [0.25, 0.3) is 0 Å². The van der Waals surface area contributed by atoms with Crippen molar-refractivity contribution in [1.29, 1.82) is 0 Å². The zero-order valence-corrected chi connectivity index (χ0v) is 12.8. The van der Waals surface area contributed by atoms with Gasteiger partial charge in [-0.1, -0.05) is 11.4 Å². The molecule has 1 N–H and O–H groups in total. The van der Waals surface area contributed by atoms with Crippen molar-refractivity contribution in [2.24, 2.45) is 0 Å². The van der Waals surface area contributed by atoms with Crippen molar-refractivity contribution in [1.82, 2.24) is 14.9 Å². The SMILES string of the molecule is CCc1nnsc1C(=O)NCCOc1ccc2c(c1)OCO2. The van der Waals surface area contributed by atoms with Crippen LogP contribution in [-0.4, -0.2) is 35.4 Å². The van der Waals surface area contributed by atoms with Gasteiger partial charge in [0.25, 0.3) is 5.91 Å². The van der Waals surface area contributed by atoms with Gasteiger partial charge < -0.3 is 19.5 Å². The normalized spacial score (nSPS) is 12.2. The number of amides is 1. The number of carbonyl (C=O) groups excluding carboxylic acids is 1. The van der Waals surface area contributed by atoms with Gasteiger partial charge in [0, 0.05) is 6.07 Å². The highest BCUT2D eigenvalue weighted by Crippen LogP contribution is 2.34. The molecule has 8 heteroatoms. The van der Waals surface area contributed by atoms with Crippen molar-refractivity contribution in [3.05, 3.63) is 28.8 Å². The molecule has 0 fully saturated rings. The van der Waals surface area contributed by atoms with Gasteiger partial charge in [0.1, 0.15) is 17.2 Å². The standard InChI is InChI=1S/C14H15N3O4S/c1-2-10-13(22-17-16-10)14(18)15-5-6-19-9-3-4-11-12(7-9)21-8-20-11/h3-4,7H,2,5-6,8H2,1H3,(H,15,18). The summed E-state index contributed by atoms with van der Waals surface area (Å²) in [5.41, 5.74) is 0.721. The number of nitrogens with zero attached hydrogens (tertiary/aromatic N) is 2. The Morgan fingerprint density at radius 3 is 3.14 bits per heavy atom. The number of aromatic nitrogens is 2. The minimum absolute atomic E-state index is 0.166. The largest absolute Gasteiger partial charge is 0.492 e. The van der Waals surface area contributed by atoms with Crippen LogP contribution in [0.5, 0.6) is 17.2 Å². The van der Waals surface area contributed by atoms with Crippen LogP contribution in [0.15, 0.2) is 18.2 Å². The lowest BCUT2D eigenvalue weighted by atomic mass is 10.3. The van der Waals surface area contributed by atoms with Crippen LogP contribution in [0, 0.1) is 0 Å². The maximum Gasteiger partial charge on any atom is 0.265 e. The number of fused-ring (bicyclic) bond motifs is 1. The Morgan fingerprint density at radius 1 is 1.41 bits per heavy atom. The Kier molecular flexibility index (Phi) is 4.38. The topological polar surface area (TPSA) is 82.6 Å². The summed E-state index contributed by atoms with van der Waals surface area (Å²) in [6, 6.07) is 5.37. The molecule has 0 radical (unpaired) electrons. The zero-order chi connectivity index (χ0) is 15.4. The molecule has 0 aliphatic carbocycles. The molecule has 0 saturated carbocycles. The predicted octanol–water partition coefficient (Wildman–Crippen LogP) is 1.64. The van der Waals surface area contributed by atoms with Gasteiger partial charge >= 0.3 is 0 Å². The smallest absolute Gasteiger partial charge is 0.265 e. The minimum Gasteiger partial charge on any atom is -0.492 e. The average Bonchev–Trinajstić information content (AvgIpc) is 3.19. The molecular formula is C14H15N3O4S. The molecule has 0 atom stereocenters. The van der Waals surface area contributed by atoms with Crippen molar-refractivity contribution >= 4 is 17.4 Å². The molecule has 2 heterocycles. The Labute approximate surface area is 131 Å². The second-order valence-electron chi connectivity index (χ2n) is 4.52. The van der Waals surface area contributed by atoms with Crippen molar-refractivity contribution < 1.29 is 19.0 Å². The van der Waals surface area contributed by atoms with Crippen LogP contribution in [0.4, 0.5) is 0 Å². The van der Waals surface area contributed by atoms with Crippen LogP contribution in [0.3, 0.4) is 0 Å². The van der Waals surface area contributed by atoms with E-state index in [-0.39, 0.29) is 12.7 Å². The van der Waals surface area contributed by atoms with Crippen molar-refractivity contribution in [2.45, 2.75) is 13.3 Å². The first-order valence-corrected chi connectivity index (χ1v) is 7.67. The highest BCUT2D eigenvalue weighted by atomic mass is 32.1. The molecule has 0 unspecified atom stereocenters.